The molecule has 0 aliphatic carbocycles. The molecule has 0 spiro atoms. The molecular weight excluding hydrogens is 424 g/mol. The Labute approximate surface area is 171 Å². The van der Waals surface area contributed by atoms with Crippen molar-refractivity contribution in [2.45, 2.75) is 24.8 Å². The molecule has 0 unspecified atom stereocenters. The molecule has 2 aromatic carbocycles. The zero-order valence-corrected chi connectivity index (χ0v) is 17.3. The number of rotatable bonds is 7. The minimum atomic E-state index is -0.986. The van der Waals surface area contributed by atoms with Gasteiger partial charge < -0.3 is 5.11 Å². The van der Waals surface area contributed by atoms with Crippen LogP contribution in [0.15, 0.2) is 64.1 Å². The highest BCUT2D eigenvalue weighted by Gasteiger charge is 2.19. The summed E-state index contributed by atoms with van der Waals surface area (Å²) in [5.41, 5.74) is 2.83. The Hall–Kier alpha value is -2.18. The van der Waals surface area contributed by atoms with E-state index in [1.807, 2.05) is 42.5 Å². The van der Waals surface area contributed by atoms with Crippen LogP contribution in [-0.4, -0.2) is 26.8 Å². The fraction of sp³-hybridized carbons (Fsp3) is 0.190. The summed E-state index contributed by atoms with van der Waals surface area (Å²) in [5.74, 6) is 0.363. The quantitative estimate of drug-likeness (QED) is 0.291. The van der Waals surface area contributed by atoms with Crippen LogP contribution in [0.4, 0.5) is 0 Å². The van der Waals surface area contributed by atoms with Gasteiger partial charge in [-0.25, -0.2) is 14.8 Å². The second-order valence-electron chi connectivity index (χ2n) is 6.06. The van der Waals surface area contributed by atoms with Crippen LogP contribution in [0.25, 0.3) is 11.4 Å². The predicted molar refractivity (Wildman–Crippen MR) is 112 cm³/mol. The van der Waals surface area contributed by atoms with Crippen LogP contribution in [0.1, 0.15) is 28.0 Å². The topological polar surface area (TPSA) is 63.1 Å². The summed E-state index contributed by atoms with van der Waals surface area (Å²) in [6.45, 7) is 1.72. The number of carboxylic acids is 1. The molecule has 0 saturated heterocycles. The Kier molecular flexibility index (Phi) is 6.63. The Bertz CT molecular complexity index is 931. The Morgan fingerprint density at radius 3 is 2.44 bits per heavy atom. The van der Waals surface area contributed by atoms with Gasteiger partial charge in [0.1, 0.15) is 10.6 Å². The molecule has 0 aliphatic heterocycles. The third-order valence-corrected chi connectivity index (χ3v) is 5.65. The van der Waals surface area contributed by atoms with E-state index in [2.05, 4.69) is 38.0 Å². The molecule has 0 aliphatic rings. The van der Waals surface area contributed by atoms with Crippen molar-refractivity contribution in [3.05, 3.63) is 75.9 Å². The Morgan fingerprint density at radius 1 is 1.07 bits per heavy atom. The fourth-order valence-corrected chi connectivity index (χ4v) is 3.99. The molecule has 1 heterocycles. The maximum Gasteiger partial charge on any atom is 0.340 e. The van der Waals surface area contributed by atoms with Crippen molar-refractivity contribution < 1.29 is 9.90 Å². The maximum absolute atomic E-state index is 11.7. The molecule has 0 fully saturated rings. The number of carbonyl (C=O) groups is 1. The summed E-state index contributed by atoms with van der Waals surface area (Å²) in [7, 11) is 0. The highest BCUT2D eigenvalue weighted by atomic mass is 79.9. The van der Waals surface area contributed by atoms with Crippen molar-refractivity contribution in [1.29, 1.82) is 0 Å². The van der Waals surface area contributed by atoms with E-state index in [4.69, 9.17) is 0 Å². The van der Waals surface area contributed by atoms with E-state index in [0.29, 0.717) is 16.5 Å². The average molecular weight is 443 g/mol. The lowest BCUT2D eigenvalue weighted by Gasteiger charge is -2.10. The number of aromatic carboxylic acids is 1. The maximum atomic E-state index is 11.7. The van der Waals surface area contributed by atoms with E-state index in [1.54, 1.807) is 6.92 Å². The van der Waals surface area contributed by atoms with Crippen LogP contribution >= 0.6 is 27.7 Å². The molecule has 0 atom stereocenters. The summed E-state index contributed by atoms with van der Waals surface area (Å²) in [4.78, 5) is 20.7. The number of hydrogen-bond acceptors (Lipinski definition) is 4. The molecule has 27 heavy (non-hydrogen) atoms. The minimum Gasteiger partial charge on any atom is -0.478 e. The van der Waals surface area contributed by atoms with E-state index in [0.717, 1.165) is 28.6 Å². The fourth-order valence-electron chi connectivity index (χ4n) is 2.72. The highest BCUT2D eigenvalue weighted by molar-refractivity contribution is 9.10. The van der Waals surface area contributed by atoms with Crippen molar-refractivity contribution in [1.82, 2.24) is 9.97 Å². The number of aromatic nitrogens is 2. The number of carboxylic acid groups (broad SMARTS) is 1. The molecule has 138 valence electrons. The summed E-state index contributed by atoms with van der Waals surface area (Å²) < 4.78 is 0.973. The molecule has 0 saturated carbocycles. The van der Waals surface area contributed by atoms with Crippen LogP contribution in [0.5, 0.6) is 0 Å². The van der Waals surface area contributed by atoms with E-state index in [1.165, 1.54) is 17.3 Å². The molecular formula is C21H19BrN2O2S. The first-order valence-electron chi connectivity index (χ1n) is 8.59. The standard InChI is InChI=1S/C21H19BrN2O2S/c1-14-18(21(25)26)20(27-13-5-8-15-6-3-2-4-7-15)24-19(23-14)16-9-11-17(22)12-10-16/h2-4,6-7,9-12H,5,8,13H2,1H3,(H,25,26). The Morgan fingerprint density at radius 2 is 1.78 bits per heavy atom. The second-order valence-corrected chi connectivity index (χ2v) is 8.06. The van der Waals surface area contributed by atoms with E-state index < -0.39 is 5.97 Å². The Balaban J connectivity index is 1.79. The van der Waals surface area contributed by atoms with E-state index in [9.17, 15) is 9.90 Å². The van der Waals surface area contributed by atoms with Gasteiger partial charge in [0, 0.05) is 10.0 Å². The zero-order chi connectivity index (χ0) is 19.2. The van der Waals surface area contributed by atoms with Crippen LogP contribution in [-0.2, 0) is 6.42 Å². The number of benzene rings is 2. The third kappa shape index (κ3) is 5.17. The van der Waals surface area contributed by atoms with Crippen LogP contribution in [0, 0.1) is 6.92 Å². The molecule has 3 aromatic rings. The molecule has 6 heteroatoms. The van der Waals surface area contributed by atoms with Crippen molar-refractivity contribution in [2.75, 3.05) is 5.75 Å². The third-order valence-electron chi connectivity index (χ3n) is 4.06. The van der Waals surface area contributed by atoms with Gasteiger partial charge >= 0.3 is 5.97 Å². The highest BCUT2D eigenvalue weighted by Crippen LogP contribution is 2.27. The van der Waals surface area contributed by atoms with Gasteiger partial charge in [0.2, 0.25) is 0 Å². The number of thioether (sulfide) groups is 1. The molecule has 0 bridgehead atoms. The summed E-state index contributed by atoms with van der Waals surface area (Å²) >= 11 is 4.90. The molecule has 4 nitrogen and oxygen atoms in total. The van der Waals surface area contributed by atoms with Crippen molar-refractivity contribution in [3.63, 3.8) is 0 Å². The minimum absolute atomic E-state index is 0.195. The van der Waals surface area contributed by atoms with Gasteiger partial charge in [-0.15, -0.1) is 11.8 Å². The lowest BCUT2D eigenvalue weighted by molar-refractivity contribution is 0.0691. The largest absolute Gasteiger partial charge is 0.478 e. The molecule has 0 radical (unpaired) electrons. The lowest BCUT2D eigenvalue weighted by atomic mass is 10.1. The van der Waals surface area contributed by atoms with Gasteiger partial charge in [0.25, 0.3) is 0 Å². The first-order chi connectivity index (χ1) is 13.0. The monoisotopic (exact) mass is 442 g/mol. The van der Waals surface area contributed by atoms with E-state index in [-0.39, 0.29) is 5.56 Å². The second kappa shape index (κ2) is 9.15. The smallest absolute Gasteiger partial charge is 0.340 e. The molecule has 1 aromatic heterocycles. The first kappa shape index (κ1) is 19.6. The number of halogens is 1. The average Bonchev–Trinajstić information content (AvgIpc) is 2.66. The van der Waals surface area contributed by atoms with Crippen LogP contribution < -0.4 is 0 Å². The molecule has 0 amide bonds. The van der Waals surface area contributed by atoms with Gasteiger partial charge in [-0.05, 0) is 43.2 Å². The summed E-state index contributed by atoms with van der Waals surface area (Å²) in [6, 6.07) is 18.0. The van der Waals surface area contributed by atoms with Gasteiger partial charge in [0.05, 0.1) is 5.69 Å². The first-order valence-corrected chi connectivity index (χ1v) is 10.4. The van der Waals surface area contributed by atoms with Gasteiger partial charge in [-0.3, -0.25) is 0 Å². The van der Waals surface area contributed by atoms with Gasteiger partial charge in [-0.2, -0.15) is 0 Å². The van der Waals surface area contributed by atoms with Crippen molar-refractivity contribution in [2.24, 2.45) is 0 Å². The van der Waals surface area contributed by atoms with Crippen LogP contribution in [0.3, 0.4) is 0 Å². The number of aryl methyl sites for hydroxylation is 2. The van der Waals surface area contributed by atoms with E-state index >= 15 is 0 Å². The predicted octanol–water partition coefficient (Wildman–Crippen LogP) is 5.64. The molecule has 1 N–H and O–H groups in total. The normalized spacial score (nSPS) is 10.7. The SMILES string of the molecule is Cc1nc(-c2ccc(Br)cc2)nc(SCCCc2ccccc2)c1C(=O)O. The number of hydrogen-bond donors (Lipinski definition) is 1. The van der Waals surface area contributed by atoms with Crippen LogP contribution in [0.2, 0.25) is 0 Å². The molecule has 3 rings (SSSR count). The van der Waals surface area contributed by atoms with Gasteiger partial charge in [-0.1, -0.05) is 58.4 Å². The zero-order valence-electron chi connectivity index (χ0n) is 14.9. The number of nitrogens with zero attached hydrogens (tertiary/aromatic N) is 2. The van der Waals surface area contributed by atoms with Crippen molar-refractivity contribution >= 4 is 33.7 Å². The van der Waals surface area contributed by atoms with Gasteiger partial charge in [0.15, 0.2) is 5.82 Å². The van der Waals surface area contributed by atoms with Crippen molar-refractivity contribution in [3.8, 4) is 11.4 Å². The summed E-state index contributed by atoms with van der Waals surface area (Å²) in [5, 5.41) is 10.1. The summed E-state index contributed by atoms with van der Waals surface area (Å²) in [6.07, 6.45) is 1.91. The lowest BCUT2D eigenvalue weighted by Crippen LogP contribution is -2.08.